The van der Waals surface area contributed by atoms with E-state index in [-0.39, 0.29) is 11.7 Å². The first-order chi connectivity index (χ1) is 14.0. The van der Waals surface area contributed by atoms with E-state index in [9.17, 15) is 14.0 Å². The van der Waals surface area contributed by atoms with Gasteiger partial charge >= 0.3 is 6.03 Å². The highest BCUT2D eigenvalue weighted by Crippen LogP contribution is 2.26. The van der Waals surface area contributed by atoms with Crippen LogP contribution in [0.2, 0.25) is 0 Å². The van der Waals surface area contributed by atoms with Crippen LogP contribution in [0.4, 0.5) is 9.18 Å². The van der Waals surface area contributed by atoms with Crippen LogP contribution in [0.5, 0.6) is 0 Å². The predicted octanol–water partition coefficient (Wildman–Crippen LogP) is 2.36. The standard InChI is InChI=1S/C19H19FN6O2S/c20-13-4-1-5-14(12-13)26-17(15-6-2-11-29-15)22-16(23-26)18(27)24-7-3-8-25(10-9-24)19(21)28/h1-2,4-6,11-12H,3,7-10H2,(H2,21,28). The number of primary amides is 1. The van der Waals surface area contributed by atoms with Crippen molar-refractivity contribution >= 4 is 23.3 Å². The molecule has 0 spiro atoms. The van der Waals surface area contributed by atoms with Crippen LogP contribution in [-0.4, -0.2) is 62.7 Å². The van der Waals surface area contributed by atoms with Crippen LogP contribution in [0.15, 0.2) is 41.8 Å². The van der Waals surface area contributed by atoms with Crippen LogP contribution in [0.25, 0.3) is 16.4 Å². The fourth-order valence-corrected chi connectivity index (χ4v) is 3.94. The summed E-state index contributed by atoms with van der Waals surface area (Å²) in [7, 11) is 0. The number of rotatable bonds is 3. The van der Waals surface area contributed by atoms with Gasteiger partial charge in [0.1, 0.15) is 5.82 Å². The van der Waals surface area contributed by atoms with Gasteiger partial charge in [-0.1, -0.05) is 12.1 Å². The molecule has 10 heteroatoms. The van der Waals surface area contributed by atoms with E-state index < -0.39 is 11.8 Å². The number of aromatic nitrogens is 3. The summed E-state index contributed by atoms with van der Waals surface area (Å²) >= 11 is 1.46. The van der Waals surface area contributed by atoms with Crippen LogP contribution in [-0.2, 0) is 0 Å². The Hall–Kier alpha value is -3.27. The van der Waals surface area contributed by atoms with Gasteiger partial charge in [-0.15, -0.1) is 16.4 Å². The summed E-state index contributed by atoms with van der Waals surface area (Å²) in [5.74, 6) is -0.223. The molecule has 2 aromatic heterocycles. The van der Waals surface area contributed by atoms with Gasteiger partial charge in [-0.25, -0.2) is 18.9 Å². The first-order valence-corrected chi connectivity index (χ1v) is 10.0. The maximum absolute atomic E-state index is 13.8. The molecule has 3 heterocycles. The van der Waals surface area contributed by atoms with E-state index in [2.05, 4.69) is 10.1 Å². The summed E-state index contributed by atoms with van der Waals surface area (Å²) in [6.07, 6.45) is 0.622. The highest BCUT2D eigenvalue weighted by Gasteiger charge is 2.26. The molecule has 1 aliphatic heterocycles. The van der Waals surface area contributed by atoms with Crippen LogP contribution >= 0.6 is 11.3 Å². The van der Waals surface area contributed by atoms with Crippen LogP contribution < -0.4 is 5.73 Å². The molecule has 3 amide bonds. The summed E-state index contributed by atoms with van der Waals surface area (Å²) in [6.45, 7) is 1.70. The lowest BCUT2D eigenvalue weighted by molar-refractivity contribution is 0.0750. The lowest BCUT2D eigenvalue weighted by atomic mass is 10.3. The van der Waals surface area contributed by atoms with Gasteiger partial charge in [-0.3, -0.25) is 4.79 Å². The normalized spacial score (nSPS) is 14.7. The first-order valence-electron chi connectivity index (χ1n) is 9.13. The van der Waals surface area contributed by atoms with Gasteiger partial charge in [-0.2, -0.15) is 0 Å². The molecule has 0 radical (unpaired) electrons. The van der Waals surface area contributed by atoms with E-state index in [1.165, 1.54) is 33.1 Å². The molecule has 1 aliphatic rings. The van der Waals surface area contributed by atoms with Gasteiger partial charge in [0.25, 0.3) is 5.91 Å². The fourth-order valence-electron chi connectivity index (χ4n) is 3.24. The maximum atomic E-state index is 13.8. The number of hydrogen-bond donors (Lipinski definition) is 1. The minimum Gasteiger partial charge on any atom is -0.351 e. The quantitative estimate of drug-likeness (QED) is 0.711. The number of halogens is 1. The summed E-state index contributed by atoms with van der Waals surface area (Å²) in [6, 6.07) is 9.23. The second-order valence-corrected chi connectivity index (χ2v) is 7.55. The fraction of sp³-hybridized carbons (Fsp3) is 0.263. The SMILES string of the molecule is NC(=O)N1CCCN(C(=O)c2nc(-c3cccs3)n(-c3cccc(F)c3)n2)CC1. The van der Waals surface area contributed by atoms with Crippen molar-refractivity contribution in [3.05, 3.63) is 53.4 Å². The molecule has 1 fully saturated rings. The van der Waals surface area contributed by atoms with Gasteiger partial charge in [0.15, 0.2) is 5.82 Å². The number of amides is 3. The van der Waals surface area contributed by atoms with E-state index in [1.807, 2.05) is 17.5 Å². The van der Waals surface area contributed by atoms with Crippen molar-refractivity contribution in [2.24, 2.45) is 5.73 Å². The smallest absolute Gasteiger partial charge is 0.314 e. The van der Waals surface area contributed by atoms with Crippen LogP contribution in [0.3, 0.4) is 0 Å². The third-order valence-corrected chi connectivity index (χ3v) is 5.55. The molecule has 0 atom stereocenters. The van der Waals surface area contributed by atoms with Crippen molar-refractivity contribution in [3.63, 3.8) is 0 Å². The molecule has 0 saturated carbocycles. The molecule has 0 unspecified atom stereocenters. The lowest BCUT2D eigenvalue weighted by Gasteiger charge is -2.19. The minimum absolute atomic E-state index is 0.0326. The summed E-state index contributed by atoms with van der Waals surface area (Å²) in [5.41, 5.74) is 5.83. The number of benzene rings is 1. The topological polar surface area (TPSA) is 97.4 Å². The number of nitrogens with zero attached hydrogens (tertiary/aromatic N) is 5. The molecule has 29 heavy (non-hydrogen) atoms. The molecule has 8 nitrogen and oxygen atoms in total. The van der Waals surface area contributed by atoms with Gasteiger partial charge in [0, 0.05) is 26.2 Å². The van der Waals surface area contributed by atoms with Crippen LogP contribution in [0, 0.1) is 5.82 Å². The third kappa shape index (κ3) is 3.97. The van der Waals surface area contributed by atoms with Crippen molar-refractivity contribution in [2.75, 3.05) is 26.2 Å². The molecule has 0 aliphatic carbocycles. The second kappa shape index (κ2) is 8.00. The number of carbonyl (C=O) groups is 2. The number of carbonyl (C=O) groups excluding carboxylic acids is 2. The Kier molecular flexibility index (Phi) is 5.26. The number of thiophene rings is 1. The lowest BCUT2D eigenvalue weighted by Crippen LogP contribution is -2.40. The average molecular weight is 414 g/mol. The molecule has 150 valence electrons. The molecule has 1 aromatic carbocycles. The summed E-state index contributed by atoms with van der Waals surface area (Å²) in [4.78, 5) is 32.9. The van der Waals surface area contributed by atoms with Gasteiger partial charge < -0.3 is 15.5 Å². The monoisotopic (exact) mass is 414 g/mol. The Morgan fingerprint density at radius 1 is 1.07 bits per heavy atom. The number of nitrogens with two attached hydrogens (primary N) is 1. The van der Waals surface area contributed by atoms with Crippen molar-refractivity contribution in [1.29, 1.82) is 0 Å². The van der Waals surface area contributed by atoms with E-state index in [1.54, 1.807) is 17.0 Å². The van der Waals surface area contributed by atoms with Gasteiger partial charge in [0.2, 0.25) is 5.82 Å². The number of urea groups is 1. The largest absolute Gasteiger partial charge is 0.351 e. The summed E-state index contributed by atoms with van der Waals surface area (Å²) in [5, 5.41) is 6.28. The highest BCUT2D eigenvalue weighted by atomic mass is 32.1. The van der Waals surface area contributed by atoms with E-state index in [0.717, 1.165) is 4.88 Å². The zero-order valence-corrected chi connectivity index (χ0v) is 16.3. The van der Waals surface area contributed by atoms with Crippen molar-refractivity contribution in [3.8, 4) is 16.4 Å². The molecule has 4 rings (SSSR count). The van der Waals surface area contributed by atoms with Crippen LogP contribution in [0.1, 0.15) is 17.0 Å². The van der Waals surface area contributed by atoms with E-state index in [4.69, 9.17) is 5.73 Å². The third-order valence-electron chi connectivity index (χ3n) is 4.69. The van der Waals surface area contributed by atoms with Crippen molar-refractivity contribution in [1.82, 2.24) is 24.6 Å². The van der Waals surface area contributed by atoms with Crippen molar-refractivity contribution in [2.45, 2.75) is 6.42 Å². The highest BCUT2D eigenvalue weighted by molar-refractivity contribution is 7.13. The Bertz CT molecular complexity index is 1040. The molecular formula is C19H19FN6O2S. The van der Waals surface area contributed by atoms with E-state index >= 15 is 0 Å². The molecular weight excluding hydrogens is 395 g/mol. The molecule has 2 N–H and O–H groups in total. The van der Waals surface area contributed by atoms with E-state index in [0.29, 0.717) is 44.1 Å². The van der Waals surface area contributed by atoms with Gasteiger partial charge in [-0.05, 0) is 36.1 Å². The zero-order chi connectivity index (χ0) is 20.4. The molecule has 1 saturated heterocycles. The second-order valence-electron chi connectivity index (χ2n) is 6.60. The van der Waals surface area contributed by atoms with Gasteiger partial charge in [0.05, 0.1) is 10.6 Å². The first kappa shape index (κ1) is 19.1. The minimum atomic E-state index is -0.493. The maximum Gasteiger partial charge on any atom is 0.314 e. The Morgan fingerprint density at radius 3 is 2.59 bits per heavy atom. The predicted molar refractivity (Wildman–Crippen MR) is 106 cm³/mol. The summed E-state index contributed by atoms with van der Waals surface area (Å²) < 4.78 is 15.2. The Morgan fingerprint density at radius 2 is 1.86 bits per heavy atom. The average Bonchev–Trinajstić information content (AvgIpc) is 3.31. The zero-order valence-electron chi connectivity index (χ0n) is 15.5. The Balaban J connectivity index is 1.67. The van der Waals surface area contributed by atoms with Crippen molar-refractivity contribution < 1.29 is 14.0 Å². The number of hydrogen-bond acceptors (Lipinski definition) is 5. The molecule has 0 bridgehead atoms. The Labute approximate surface area is 170 Å². The molecule has 3 aromatic rings.